The number of carboxylic acids is 1. The van der Waals surface area contributed by atoms with Crippen molar-refractivity contribution in [2.24, 2.45) is 0 Å². The van der Waals surface area contributed by atoms with Crippen LogP contribution in [0.5, 0.6) is 0 Å². The number of amides is 1. The summed E-state index contributed by atoms with van der Waals surface area (Å²) in [5, 5.41) is 11.4. The molecule has 5 heteroatoms. The number of rotatable bonds is 6. The molecule has 0 radical (unpaired) electrons. The van der Waals surface area contributed by atoms with E-state index in [0.717, 1.165) is 17.7 Å². The van der Waals surface area contributed by atoms with Crippen molar-refractivity contribution in [3.05, 3.63) is 53.5 Å². The van der Waals surface area contributed by atoms with Crippen LogP contribution in [-0.2, 0) is 17.6 Å². The summed E-state index contributed by atoms with van der Waals surface area (Å²) >= 11 is 0. The van der Waals surface area contributed by atoms with Gasteiger partial charge in [0.05, 0.1) is 0 Å². The van der Waals surface area contributed by atoms with E-state index in [-0.39, 0.29) is 18.1 Å². The Hall–Kier alpha value is -2.56. The van der Waals surface area contributed by atoms with Gasteiger partial charge in [0, 0.05) is 18.5 Å². The van der Waals surface area contributed by atoms with E-state index >= 15 is 0 Å². The Morgan fingerprint density at radius 3 is 2.43 bits per heavy atom. The summed E-state index contributed by atoms with van der Waals surface area (Å²) in [6.07, 6.45) is 1.31. The van der Waals surface area contributed by atoms with E-state index in [9.17, 15) is 9.59 Å². The lowest BCUT2D eigenvalue weighted by Crippen LogP contribution is -2.10. The number of hydrogen-bond donors (Lipinski definition) is 2. The van der Waals surface area contributed by atoms with Gasteiger partial charge in [-0.2, -0.15) is 0 Å². The Kier molecular flexibility index (Phi) is 4.77. The average Bonchev–Trinajstić information content (AvgIpc) is 2.95. The van der Waals surface area contributed by atoms with Crippen molar-refractivity contribution in [1.29, 1.82) is 0 Å². The molecule has 0 aliphatic heterocycles. The molecule has 1 aromatic heterocycles. The smallest absolute Gasteiger partial charge is 0.303 e. The van der Waals surface area contributed by atoms with Gasteiger partial charge in [0.2, 0.25) is 0 Å². The maximum absolute atomic E-state index is 12.0. The zero-order valence-electron chi connectivity index (χ0n) is 11.8. The maximum atomic E-state index is 12.0. The van der Waals surface area contributed by atoms with E-state index in [2.05, 4.69) is 5.32 Å². The second-order valence-electron chi connectivity index (χ2n) is 4.66. The highest BCUT2D eigenvalue weighted by Gasteiger charge is 2.10. The van der Waals surface area contributed by atoms with Gasteiger partial charge in [-0.1, -0.05) is 19.1 Å². The molecule has 0 fully saturated rings. The standard InChI is InChI=1S/C16H17NO4/c1-2-13-8-9-14(21-13)16(20)17-12-6-3-11(4-7-12)5-10-15(18)19/h3-4,6-9H,2,5,10H2,1H3,(H,17,20)(H,18,19). The van der Waals surface area contributed by atoms with Gasteiger partial charge in [-0.05, 0) is 36.2 Å². The van der Waals surface area contributed by atoms with Crippen LogP contribution in [0.15, 0.2) is 40.8 Å². The zero-order chi connectivity index (χ0) is 15.2. The van der Waals surface area contributed by atoms with Crippen molar-refractivity contribution in [3.8, 4) is 0 Å². The summed E-state index contributed by atoms with van der Waals surface area (Å²) in [5.74, 6) is -0.0733. The highest BCUT2D eigenvalue weighted by Crippen LogP contribution is 2.14. The van der Waals surface area contributed by atoms with E-state index in [1.54, 1.807) is 36.4 Å². The highest BCUT2D eigenvalue weighted by molar-refractivity contribution is 6.02. The predicted molar refractivity (Wildman–Crippen MR) is 78.4 cm³/mol. The highest BCUT2D eigenvalue weighted by atomic mass is 16.4. The largest absolute Gasteiger partial charge is 0.481 e. The summed E-state index contributed by atoms with van der Waals surface area (Å²) in [6.45, 7) is 1.95. The zero-order valence-corrected chi connectivity index (χ0v) is 11.8. The van der Waals surface area contributed by atoms with Crippen LogP contribution in [-0.4, -0.2) is 17.0 Å². The van der Waals surface area contributed by atoms with Crippen LogP contribution in [0.3, 0.4) is 0 Å². The Balaban J connectivity index is 1.96. The Morgan fingerprint density at radius 1 is 1.14 bits per heavy atom. The molecule has 2 N–H and O–H groups in total. The molecule has 0 aliphatic rings. The molecule has 0 atom stereocenters. The van der Waals surface area contributed by atoms with Gasteiger partial charge in [0.1, 0.15) is 5.76 Å². The van der Waals surface area contributed by atoms with Crippen LogP contribution in [0.1, 0.15) is 35.2 Å². The lowest BCUT2D eigenvalue weighted by atomic mass is 10.1. The molecule has 0 saturated heterocycles. The number of carbonyl (C=O) groups is 2. The fourth-order valence-electron chi connectivity index (χ4n) is 1.89. The Morgan fingerprint density at radius 2 is 1.86 bits per heavy atom. The predicted octanol–water partition coefficient (Wildman–Crippen LogP) is 3.11. The van der Waals surface area contributed by atoms with E-state index in [1.807, 2.05) is 6.92 Å². The SMILES string of the molecule is CCc1ccc(C(=O)Nc2ccc(CCC(=O)O)cc2)o1. The maximum Gasteiger partial charge on any atom is 0.303 e. The van der Waals surface area contributed by atoms with Crippen molar-refractivity contribution < 1.29 is 19.1 Å². The first-order valence-corrected chi connectivity index (χ1v) is 6.79. The molecule has 1 amide bonds. The molecule has 2 aromatic rings. The van der Waals surface area contributed by atoms with E-state index < -0.39 is 5.97 Å². The summed E-state index contributed by atoms with van der Waals surface area (Å²) in [4.78, 5) is 22.5. The van der Waals surface area contributed by atoms with Gasteiger partial charge in [-0.25, -0.2) is 0 Å². The van der Waals surface area contributed by atoms with Gasteiger partial charge < -0.3 is 14.8 Å². The minimum Gasteiger partial charge on any atom is -0.481 e. The van der Waals surface area contributed by atoms with Crippen molar-refractivity contribution in [1.82, 2.24) is 0 Å². The van der Waals surface area contributed by atoms with Gasteiger partial charge in [0.15, 0.2) is 5.76 Å². The van der Waals surface area contributed by atoms with Gasteiger partial charge in [-0.3, -0.25) is 9.59 Å². The van der Waals surface area contributed by atoms with E-state index in [1.165, 1.54) is 0 Å². The normalized spacial score (nSPS) is 10.3. The third-order valence-electron chi connectivity index (χ3n) is 3.07. The van der Waals surface area contributed by atoms with Crippen LogP contribution in [0.4, 0.5) is 5.69 Å². The fourth-order valence-corrected chi connectivity index (χ4v) is 1.89. The number of nitrogens with one attached hydrogen (secondary N) is 1. The number of carbonyl (C=O) groups excluding carboxylic acids is 1. The summed E-state index contributed by atoms with van der Waals surface area (Å²) in [6, 6.07) is 10.5. The minimum absolute atomic E-state index is 0.0951. The number of carboxylic acid groups (broad SMARTS) is 1. The molecule has 110 valence electrons. The summed E-state index contributed by atoms with van der Waals surface area (Å²) in [7, 11) is 0. The van der Waals surface area contributed by atoms with E-state index in [0.29, 0.717) is 12.1 Å². The number of furan rings is 1. The average molecular weight is 287 g/mol. The quantitative estimate of drug-likeness (QED) is 0.855. The second-order valence-corrected chi connectivity index (χ2v) is 4.66. The summed E-state index contributed by atoms with van der Waals surface area (Å²) < 4.78 is 5.38. The molecule has 0 bridgehead atoms. The molecular formula is C16H17NO4. The number of aryl methyl sites for hydroxylation is 2. The molecule has 0 spiro atoms. The lowest BCUT2D eigenvalue weighted by Gasteiger charge is -2.04. The van der Waals surface area contributed by atoms with Crippen LogP contribution in [0.25, 0.3) is 0 Å². The molecular weight excluding hydrogens is 270 g/mol. The fraction of sp³-hybridized carbons (Fsp3) is 0.250. The van der Waals surface area contributed by atoms with Crippen LogP contribution < -0.4 is 5.32 Å². The van der Waals surface area contributed by atoms with Crippen molar-refractivity contribution in [2.75, 3.05) is 5.32 Å². The van der Waals surface area contributed by atoms with Gasteiger partial charge in [0.25, 0.3) is 5.91 Å². The number of anilines is 1. The van der Waals surface area contributed by atoms with Crippen LogP contribution in [0.2, 0.25) is 0 Å². The molecule has 5 nitrogen and oxygen atoms in total. The van der Waals surface area contributed by atoms with Crippen molar-refractivity contribution >= 4 is 17.6 Å². The second kappa shape index (κ2) is 6.74. The van der Waals surface area contributed by atoms with Crippen LogP contribution in [0, 0.1) is 0 Å². The lowest BCUT2D eigenvalue weighted by molar-refractivity contribution is -0.136. The molecule has 2 rings (SSSR count). The Labute approximate surface area is 122 Å². The third-order valence-corrected chi connectivity index (χ3v) is 3.07. The third kappa shape index (κ3) is 4.21. The number of hydrogen-bond acceptors (Lipinski definition) is 3. The molecule has 21 heavy (non-hydrogen) atoms. The first-order valence-electron chi connectivity index (χ1n) is 6.79. The molecule has 0 unspecified atom stereocenters. The monoisotopic (exact) mass is 287 g/mol. The Bertz CT molecular complexity index is 628. The van der Waals surface area contributed by atoms with Crippen molar-refractivity contribution in [3.63, 3.8) is 0 Å². The molecule has 1 heterocycles. The van der Waals surface area contributed by atoms with E-state index in [4.69, 9.17) is 9.52 Å². The summed E-state index contributed by atoms with van der Waals surface area (Å²) in [5.41, 5.74) is 1.56. The molecule has 1 aromatic carbocycles. The molecule has 0 saturated carbocycles. The van der Waals surface area contributed by atoms with Crippen molar-refractivity contribution in [2.45, 2.75) is 26.2 Å². The molecule has 0 aliphatic carbocycles. The first-order chi connectivity index (χ1) is 10.1. The van der Waals surface area contributed by atoms with Gasteiger partial charge in [-0.15, -0.1) is 0 Å². The first kappa shape index (κ1) is 14.8. The van der Waals surface area contributed by atoms with Gasteiger partial charge >= 0.3 is 5.97 Å². The van der Waals surface area contributed by atoms with Crippen LogP contribution >= 0.6 is 0 Å². The minimum atomic E-state index is -0.822. The number of benzene rings is 1. The number of aliphatic carboxylic acids is 1. The topological polar surface area (TPSA) is 79.5 Å².